The summed E-state index contributed by atoms with van der Waals surface area (Å²) in [4.78, 5) is 4.43. The summed E-state index contributed by atoms with van der Waals surface area (Å²) in [6, 6.07) is 3.95. The van der Waals surface area contributed by atoms with Gasteiger partial charge in [0, 0.05) is 10.7 Å². The van der Waals surface area contributed by atoms with Crippen molar-refractivity contribution in [2.45, 2.75) is 19.2 Å². The molecule has 0 saturated carbocycles. The van der Waals surface area contributed by atoms with Crippen molar-refractivity contribution in [2.24, 2.45) is 0 Å². The molecule has 0 bridgehead atoms. The molecule has 0 saturated heterocycles. The number of aromatic nitrogens is 2. The van der Waals surface area contributed by atoms with Crippen molar-refractivity contribution < 1.29 is 0 Å². The predicted molar refractivity (Wildman–Crippen MR) is 61.9 cm³/mol. The second-order valence-corrected chi connectivity index (χ2v) is 4.84. The topological polar surface area (TPSA) is 17.3 Å². The number of alkyl halides is 1. The van der Waals surface area contributed by atoms with E-state index in [1.807, 2.05) is 36.6 Å². The number of pyridine rings is 1. The predicted octanol–water partition coefficient (Wildman–Crippen LogP) is 3.71. The van der Waals surface area contributed by atoms with Gasteiger partial charge in [0.2, 0.25) is 0 Å². The molecular formula is C10H10BrClN2. The minimum Gasteiger partial charge on any atom is -0.301 e. The highest BCUT2D eigenvalue weighted by atomic mass is 79.9. The third kappa shape index (κ3) is 1.55. The fourth-order valence-corrected chi connectivity index (χ4v) is 2.23. The Morgan fingerprint density at radius 2 is 2.21 bits per heavy atom. The van der Waals surface area contributed by atoms with Crippen LogP contribution in [0.2, 0.25) is 0 Å². The Hall–Kier alpha value is -0.540. The number of hydrogen-bond acceptors (Lipinski definition) is 1. The van der Waals surface area contributed by atoms with Crippen LogP contribution in [0.15, 0.2) is 22.8 Å². The summed E-state index contributed by atoms with van der Waals surface area (Å²) in [6.07, 6.45) is 1.99. The van der Waals surface area contributed by atoms with Crippen molar-refractivity contribution in [3.8, 4) is 0 Å². The van der Waals surface area contributed by atoms with Crippen LogP contribution in [0.1, 0.15) is 23.7 Å². The summed E-state index contributed by atoms with van der Waals surface area (Å²) < 4.78 is 3.05. The van der Waals surface area contributed by atoms with Gasteiger partial charge in [0.05, 0.1) is 16.8 Å². The van der Waals surface area contributed by atoms with Gasteiger partial charge in [-0.1, -0.05) is 0 Å². The average Bonchev–Trinajstić information content (AvgIpc) is 2.40. The van der Waals surface area contributed by atoms with Crippen molar-refractivity contribution in [3.63, 3.8) is 0 Å². The van der Waals surface area contributed by atoms with Gasteiger partial charge >= 0.3 is 0 Å². The zero-order valence-corrected chi connectivity index (χ0v) is 10.3. The lowest BCUT2D eigenvalue weighted by Crippen LogP contribution is -1.94. The van der Waals surface area contributed by atoms with Crippen LogP contribution in [0, 0.1) is 6.92 Å². The number of aryl methyl sites for hydroxylation is 1. The van der Waals surface area contributed by atoms with Gasteiger partial charge in [-0.3, -0.25) is 0 Å². The van der Waals surface area contributed by atoms with Crippen molar-refractivity contribution in [1.82, 2.24) is 9.38 Å². The van der Waals surface area contributed by atoms with Crippen LogP contribution in [0.4, 0.5) is 0 Å². The van der Waals surface area contributed by atoms with E-state index in [-0.39, 0.29) is 5.38 Å². The van der Waals surface area contributed by atoms with Crippen molar-refractivity contribution in [1.29, 1.82) is 0 Å². The molecule has 0 aromatic carbocycles. The molecule has 14 heavy (non-hydrogen) atoms. The maximum Gasteiger partial charge on any atom is 0.137 e. The third-order valence-electron chi connectivity index (χ3n) is 2.18. The number of halogens is 2. The van der Waals surface area contributed by atoms with Gasteiger partial charge in [0.15, 0.2) is 0 Å². The summed E-state index contributed by atoms with van der Waals surface area (Å²) in [5, 5.41) is -0.0284. The van der Waals surface area contributed by atoms with Gasteiger partial charge < -0.3 is 4.40 Å². The molecule has 2 aromatic rings. The van der Waals surface area contributed by atoms with Gasteiger partial charge in [-0.15, -0.1) is 11.6 Å². The highest BCUT2D eigenvalue weighted by Gasteiger charge is 2.12. The van der Waals surface area contributed by atoms with Crippen LogP contribution in [0.5, 0.6) is 0 Å². The number of nitrogens with zero attached hydrogens (tertiary/aromatic N) is 2. The molecule has 0 amide bonds. The fourth-order valence-electron chi connectivity index (χ4n) is 1.63. The highest BCUT2D eigenvalue weighted by Crippen LogP contribution is 2.25. The number of fused-ring (bicyclic) bond motifs is 1. The first-order valence-electron chi connectivity index (χ1n) is 4.38. The zero-order valence-electron chi connectivity index (χ0n) is 7.96. The Morgan fingerprint density at radius 1 is 1.50 bits per heavy atom. The molecule has 0 aliphatic rings. The van der Waals surface area contributed by atoms with E-state index in [0.717, 1.165) is 21.5 Å². The molecule has 0 spiro atoms. The number of imidazole rings is 1. The standard InChI is InChI=1S/C10H10BrClN2/c1-6(12)10-7(2)13-9-4-3-8(11)5-14(9)10/h3-6H,1-2H3. The van der Waals surface area contributed by atoms with Crippen LogP contribution < -0.4 is 0 Å². The molecule has 0 N–H and O–H groups in total. The molecule has 74 valence electrons. The van der Waals surface area contributed by atoms with Crippen LogP contribution in [0.25, 0.3) is 5.65 Å². The van der Waals surface area contributed by atoms with E-state index in [2.05, 4.69) is 20.9 Å². The molecular weight excluding hydrogens is 263 g/mol. The molecule has 0 aliphatic heterocycles. The lowest BCUT2D eigenvalue weighted by molar-refractivity contribution is 0.944. The van der Waals surface area contributed by atoms with Gasteiger partial charge in [-0.2, -0.15) is 0 Å². The minimum atomic E-state index is -0.0284. The van der Waals surface area contributed by atoms with Gasteiger partial charge in [-0.25, -0.2) is 4.98 Å². The summed E-state index contributed by atoms with van der Waals surface area (Å²) in [5.74, 6) is 0. The maximum absolute atomic E-state index is 6.10. The van der Waals surface area contributed by atoms with Crippen molar-refractivity contribution in [2.75, 3.05) is 0 Å². The molecule has 2 nitrogen and oxygen atoms in total. The first-order chi connectivity index (χ1) is 6.59. The summed E-state index contributed by atoms with van der Waals surface area (Å²) in [7, 11) is 0. The van der Waals surface area contributed by atoms with E-state index >= 15 is 0 Å². The normalized spacial score (nSPS) is 13.4. The minimum absolute atomic E-state index is 0.0284. The van der Waals surface area contributed by atoms with E-state index < -0.39 is 0 Å². The Morgan fingerprint density at radius 3 is 2.86 bits per heavy atom. The number of hydrogen-bond donors (Lipinski definition) is 0. The van der Waals surface area contributed by atoms with Gasteiger partial charge in [0.25, 0.3) is 0 Å². The molecule has 1 unspecified atom stereocenters. The SMILES string of the molecule is Cc1nc2ccc(Br)cn2c1C(C)Cl. The fraction of sp³-hybridized carbons (Fsp3) is 0.300. The monoisotopic (exact) mass is 272 g/mol. The summed E-state index contributed by atoms with van der Waals surface area (Å²) in [5.41, 5.74) is 2.99. The van der Waals surface area contributed by atoms with E-state index in [4.69, 9.17) is 11.6 Å². The second-order valence-electron chi connectivity index (χ2n) is 3.27. The lowest BCUT2D eigenvalue weighted by atomic mass is 10.3. The first kappa shape index (κ1) is 9.99. The van der Waals surface area contributed by atoms with Crippen molar-refractivity contribution >= 4 is 33.2 Å². The Kier molecular flexibility index (Phi) is 2.54. The van der Waals surface area contributed by atoms with Crippen LogP contribution in [-0.2, 0) is 0 Å². The summed E-state index contributed by atoms with van der Waals surface area (Å²) in [6.45, 7) is 3.94. The first-order valence-corrected chi connectivity index (χ1v) is 5.60. The number of rotatable bonds is 1. The van der Waals surface area contributed by atoms with Crippen LogP contribution >= 0.6 is 27.5 Å². The quantitative estimate of drug-likeness (QED) is 0.724. The van der Waals surface area contributed by atoms with E-state index in [0.29, 0.717) is 0 Å². The maximum atomic E-state index is 6.10. The van der Waals surface area contributed by atoms with Gasteiger partial charge in [-0.05, 0) is 41.9 Å². The van der Waals surface area contributed by atoms with E-state index in [9.17, 15) is 0 Å². The Bertz CT molecular complexity index is 476. The molecule has 2 aromatic heterocycles. The molecule has 1 atom stereocenters. The van der Waals surface area contributed by atoms with Gasteiger partial charge in [0.1, 0.15) is 5.65 Å². The van der Waals surface area contributed by atoms with E-state index in [1.54, 1.807) is 0 Å². The third-order valence-corrected chi connectivity index (χ3v) is 2.86. The summed E-state index contributed by atoms with van der Waals surface area (Å²) >= 11 is 9.54. The zero-order chi connectivity index (χ0) is 10.3. The van der Waals surface area contributed by atoms with Crippen LogP contribution in [-0.4, -0.2) is 9.38 Å². The molecule has 4 heteroatoms. The smallest absolute Gasteiger partial charge is 0.137 e. The Balaban J connectivity index is 2.79. The molecule has 0 radical (unpaired) electrons. The highest BCUT2D eigenvalue weighted by molar-refractivity contribution is 9.10. The molecule has 2 heterocycles. The van der Waals surface area contributed by atoms with Crippen molar-refractivity contribution in [3.05, 3.63) is 34.2 Å². The molecule has 2 rings (SSSR count). The average molecular weight is 274 g/mol. The molecule has 0 aliphatic carbocycles. The lowest BCUT2D eigenvalue weighted by Gasteiger charge is -2.04. The Labute approximate surface area is 96.0 Å². The van der Waals surface area contributed by atoms with Crippen LogP contribution in [0.3, 0.4) is 0 Å². The van der Waals surface area contributed by atoms with E-state index in [1.165, 1.54) is 0 Å². The second kappa shape index (κ2) is 3.55. The molecule has 0 fully saturated rings. The largest absolute Gasteiger partial charge is 0.301 e.